The summed E-state index contributed by atoms with van der Waals surface area (Å²) in [6.45, 7) is 4.80. The van der Waals surface area contributed by atoms with Gasteiger partial charge in [0.1, 0.15) is 0 Å². The van der Waals surface area contributed by atoms with E-state index in [2.05, 4.69) is 6.42 Å². The van der Waals surface area contributed by atoms with Crippen LogP contribution in [0.25, 0.3) is 0 Å². The van der Waals surface area contributed by atoms with Crippen LogP contribution in [-0.2, 0) is 36.1 Å². The molecule has 3 rings (SSSR count). The molecule has 29 heavy (non-hydrogen) atoms. The van der Waals surface area contributed by atoms with E-state index in [0.717, 1.165) is 0 Å². The van der Waals surface area contributed by atoms with E-state index in [0.29, 0.717) is 0 Å². The Kier molecular flexibility index (Phi) is 17.7. The number of aliphatic carboxylic acids is 3. The van der Waals surface area contributed by atoms with Crippen molar-refractivity contribution < 1.29 is 51.4 Å². The largest absolute Gasteiger partial charge is 0.481 e. The first kappa shape index (κ1) is 29.7. The molecule has 7 heteroatoms. The molecule has 0 fully saturated rings. The molecule has 3 N–H and O–H groups in total. The Morgan fingerprint density at radius 1 is 0.759 bits per heavy atom. The summed E-state index contributed by atoms with van der Waals surface area (Å²) in [5.41, 5.74) is 7.06. The third-order valence-corrected chi connectivity index (χ3v) is 4.67. The van der Waals surface area contributed by atoms with Gasteiger partial charge in [-0.15, -0.1) is 12.0 Å². The van der Waals surface area contributed by atoms with Gasteiger partial charge in [-0.2, -0.15) is 5.57 Å². The molecule has 164 valence electrons. The van der Waals surface area contributed by atoms with E-state index in [1.54, 1.807) is 43.1 Å². The molecule has 0 radical (unpaired) electrons. The summed E-state index contributed by atoms with van der Waals surface area (Å²) >= 11 is 0. The van der Waals surface area contributed by atoms with Gasteiger partial charge in [-0.05, 0) is 25.7 Å². The van der Waals surface area contributed by atoms with Crippen LogP contribution in [-0.4, -0.2) is 33.2 Å². The average Bonchev–Trinajstić information content (AvgIpc) is 3.08. The first-order valence-corrected chi connectivity index (χ1v) is 10.2. The molecule has 0 saturated heterocycles. The van der Waals surface area contributed by atoms with E-state index < -0.39 is 17.9 Å². The SMILES string of the molecule is CCC(=O)O.CCC(=O)O.CCC(=O)O.[CH-]1CCCC2=C1CC1=C2CCCC1.[Ti]. The minimum absolute atomic E-state index is 0. The minimum Gasteiger partial charge on any atom is -0.481 e. The Balaban J connectivity index is 0. The number of hydrogen-bond acceptors (Lipinski definition) is 3. The fraction of sp³-hybridized carbons (Fsp3) is 0.636. The van der Waals surface area contributed by atoms with Crippen LogP contribution in [0.15, 0.2) is 22.3 Å². The quantitative estimate of drug-likeness (QED) is 0.399. The Labute approximate surface area is 189 Å². The van der Waals surface area contributed by atoms with Crippen molar-refractivity contribution in [3.8, 4) is 0 Å². The Bertz CT molecular complexity index is 529. The topological polar surface area (TPSA) is 112 Å². The number of rotatable bonds is 3. The van der Waals surface area contributed by atoms with Gasteiger partial charge in [0.25, 0.3) is 0 Å². The fourth-order valence-electron chi connectivity index (χ4n) is 3.12. The van der Waals surface area contributed by atoms with Gasteiger partial charge in [0.15, 0.2) is 0 Å². The van der Waals surface area contributed by atoms with Gasteiger partial charge in [-0.25, -0.2) is 12.0 Å². The van der Waals surface area contributed by atoms with Crippen LogP contribution in [0.1, 0.15) is 91.4 Å². The summed E-state index contributed by atoms with van der Waals surface area (Å²) < 4.78 is 0. The van der Waals surface area contributed by atoms with Crippen LogP contribution in [0.2, 0.25) is 0 Å². The molecular formula is C22H35O6Ti-. The molecule has 0 atom stereocenters. The zero-order chi connectivity index (χ0) is 21.5. The van der Waals surface area contributed by atoms with Crippen LogP contribution in [0.5, 0.6) is 0 Å². The van der Waals surface area contributed by atoms with Crippen molar-refractivity contribution >= 4 is 17.9 Å². The van der Waals surface area contributed by atoms with E-state index in [4.69, 9.17) is 15.3 Å². The zero-order valence-corrected chi connectivity index (χ0v) is 19.5. The predicted molar refractivity (Wildman–Crippen MR) is 109 cm³/mol. The molecule has 0 heterocycles. The Morgan fingerprint density at radius 2 is 1.17 bits per heavy atom. The molecule has 0 aromatic heterocycles. The van der Waals surface area contributed by atoms with E-state index in [1.165, 1.54) is 51.4 Å². The van der Waals surface area contributed by atoms with Gasteiger partial charge in [0, 0.05) is 41.0 Å². The van der Waals surface area contributed by atoms with Crippen molar-refractivity contribution in [3.63, 3.8) is 0 Å². The minimum atomic E-state index is -0.745. The normalized spacial score (nSPS) is 16.0. The predicted octanol–water partition coefficient (Wildman–Crippen LogP) is 5.39. The standard InChI is InChI=1S/C13H17.3C3H6O2.Ti/c1-3-7-12-10(5-1)9-11-6-2-4-8-13(11)12;3*1-2-3(4)5;/h5H,1-4,6-9H2;3*2H2,1H3,(H,4,5);/q-1;;;;. The van der Waals surface area contributed by atoms with Crippen molar-refractivity contribution in [2.75, 3.05) is 0 Å². The van der Waals surface area contributed by atoms with Crippen molar-refractivity contribution in [2.45, 2.75) is 91.4 Å². The van der Waals surface area contributed by atoms with Crippen LogP contribution >= 0.6 is 0 Å². The molecule has 0 aromatic carbocycles. The second-order valence-electron chi connectivity index (χ2n) is 6.81. The van der Waals surface area contributed by atoms with E-state index in [9.17, 15) is 14.4 Å². The van der Waals surface area contributed by atoms with Gasteiger partial charge in [0.2, 0.25) is 0 Å². The third-order valence-electron chi connectivity index (χ3n) is 4.67. The van der Waals surface area contributed by atoms with E-state index >= 15 is 0 Å². The molecular weight excluding hydrogens is 408 g/mol. The van der Waals surface area contributed by atoms with Crippen LogP contribution < -0.4 is 0 Å². The summed E-state index contributed by atoms with van der Waals surface area (Å²) in [5, 5.41) is 23.2. The van der Waals surface area contributed by atoms with Gasteiger partial charge >= 0.3 is 17.9 Å². The number of fused-ring (bicyclic) bond motifs is 1. The van der Waals surface area contributed by atoms with Crippen LogP contribution in [0, 0.1) is 6.42 Å². The molecule has 0 amide bonds. The number of carboxylic acid groups (broad SMARTS) is 3. The van der Waals surface area contributed by atoms with Crippen molar-refractivity contribution in [2.24, 2.45) is 0 Å². The summed E-state index contributed by atoms with van der Waals surface area (Å²) in [4.78, 5) is 28.1. The first-order chi connectivity index (χ1) is 13.3. The molecule has 0 aliphatic heterocycles. The van der Waals surface area contributed by atoms with Crippen LogP contribution in [0.3, 0.4) is 0 Å². The summed E-state index contributed by atoms with van der Waals surface area (Å²) in [6.07, 6.45) is 14.3. The number of carbonyl (C=O) groups is 3. The van der Waals surface area contributed by atoms with Crippen molar-refractivity contribution in [1.29, 1.82) is 0 Å². The maximum absolute atomic E-state index is 9.37. The number of hydrogen-bond donors (Lipinski definition) is 3. The van der Waals surface area contributed by atoms with Gasteiger partial charge in [-0.1, -0.05) is 45.6 Å². The van der Waals surface area contributed by atoms with Crippen molar-refractivity contribution in [1.82, 2.24) is 0 Å². The second-order valence-corrected chi connectivity index (χ2v) is 6.81. The molecule has 6 nitrogen and oxygen atoms in total. The molecule has 0 bridgehead atoms. The second kappa shape index (κ2) is 17.3. The molecule has 0 saturated carbocycles. The van der Waals surface area contributed by atoms with Crippen LogP contribution in [0.4, 0.5) is 0 Å². The van der Waals surface area contributed by atoms with Gasteiger partial charge in [-0.3, -0.25) is 14.4 Å². The Hall–Kier alpha value is -1.53. The van der Waals surface area contributed by atoms with Gasteiger partial charge < -0.3 is 15.3 Å². The third kappa shape index (κ3) is 13.3. The maximum Gasteiger partial charge on any atom is 0.303 e. The Morgan fingerprint density at radius 3 is 1.62 bits per heavy atom. The zero-order valence-electron chi connectivity index (χ0n) is 17.9. The monoisotopic (exact) mass is 443 g/mol. The molecule has 0 unspecified atom stereocenters. The van der Waals surface area contributed by atoms with Crippen molar-refractivity contribution in [3.05, 3.63) is 28.7 Å². The first-order valence-electron chi connectivity index (χ1n) is 10.2. The van der Waals surface area contributed by atoms with E-state index in [-0.39, 0.29) is 41.0 Å². The summed E-state index contributed by atoms with van der Waals surface area (Å²) in [7, 11) is 0. The summed E-state index contributed by atoms with van der Waals surface area (Å²) in [5.74, 6) is -2.24. The molecule has 3 aliphatic carbocycles. The number of carboxylic acids is 3. The van der Waals surface area contributed by atoms with Gasteiger partial charge in [0.05, 0.1) is 0 Å². The van der Waals surface area contributed by atoms with E-state index in [1.807, 2.05) is 0 Å². The maximum atomic E-state index is 9.37. The molecule has 0 spiro atoms. The summed E-state index contributed by atoms with van der Waals surface area (Å²) in [6, 6.07) is 0. The number of allylic oxidation sites excluding steroid dienone is 4. The molecule has 0 aromatic rings. The average molecular weight is 443 g/mol. The fourth-order valence-corrected chi connectivity index (χ4v) is 3.12. The smallest absolute Gasteiger partial charge is 0.303 e. The molecule has 3 aliphatic rings.